The van der Waals surface area contributed by atoms with E-state index in [4.69, 9.17) is 10.00 Å². The average molecular weight is 485 g/mol. The van der Waals surface area contributed by atoms with Crippen molar-refractivity contribution in [2.75, 3.05) is 0 Å². The summed E-state index contributed by atoms with van der Waals surface area (Å²) < 4.78 is 5.70. The summed E-state index contributed by atoms with van der Waals surface area (Å²) >= 11 is 0. The quantitative estimate of drug-likeness (QED) is 0.440. The molecule has 2 unspecified atom stereocenters. The van der Waals surface area contributed by atoms with Gasteiger partial charge in [0.05, 0.1) is 17.9 Å². The van der Waals surface area contributed by atoms with Gasteiger partial charge in [-0.25, -0.2) is 0 Å². The van der Waals surface area contributed by atoms with Gasteiger partial charge in [-0.15, -0.1) is 0 Å². The van der Waals surface area contributed by atoms with Crippen LogP contribution in [0.5, 0.6) is 0 Å². The minimum Gasteiger partial charge on any atom is -0.462 e. The minimum absolute atomic E-state index is 0. The maximum atomic E-state index is 12.1. The van der Waals surface area contributed by atoms with Gasteiger partial charge >= 0.3 is 5.97 Å². The van der Waals surface area contributed by atoms with E-state index in [9.17, 15) is 4.79 Å². The molecule has 0 bridgehead atoms. The van der Waals surface area contributed by atoms with Crippen molar-refractivity contribution in [3.05, 3.63) is 6.42 Å². The predicted octanol–water partition coefficient (Wildman–Crippen LogP) is 1.85. The Morgan fingerprint density at radius 3 is 2.09 bits per heavy atom. The summed E-state index contributed by atoms with van der Waals surface area (Å²) in [5.74, 6) is 0.855. The molecule has 2 atom stereocenters. The van der Waals surface area contributed by atoms with Crippen molar-refractivity contribution >= 4 is 5.97 Å². The molecule has 0 aromatic rings. The monoisotopic (exact) mass is 485 g/mol. The van der Waals surface area contributed by atoms with Gasteiger partial charge in [-0.3, -0.25) is 4.79 Å². The van der Waals surface area contributed by atoms with Gasteiger partial charge in [-0.2, -0.15) is 18.1 Å². The van der Waals surface area contributed by atoms with Crippen LogP contribution in [0.2, 0.25) is 0 Å². The Bertz CT molecular complexity index is 354. The number of carbonyl (C=O) groups is 1. The number of nitrogens with zero attached hydrogens (tertiary/aromatic N) is 1. The van der Waals surface area contributed by atoms with Crippen molar-refractivity contribution in [3.63, 3.8) is 0 Å². The van der Waals surface area contributed by atoms with E-state index in [-0.39, 0.29) is 55.3 Å². The van der Waals surface area contributed by atoms with Crippen LogP contribution in [0, 0.1) is 41.4 Å². The smallest absolute Gasteiger partial charge is 0.309 e. The molecular formula is C16H28NO4Re-. The molecule has 1 radical (unpaired) electrons. The first kappa shape index (κ1) is 23.8. The van der Waals surface area contributed by atoms with Gasteiger partial charge in [-0.05, 0) is 24.7 Å². The molecule has 22 heavy (non-hydrogen) atoms. The van der Waals surface area contributed by atoms with E-state index >= 15 is 0 Å². The zero-order valence-corrected chi connectivity index (χ0v) is 16.1. The Balaban J connectivity index is 0. The molecule has 0 saturated heterocycles. The Labute approximate surface area is 147 Å². The van der Waals surface area contributed by atoms with Gasteiger partial charge in [0, 0.05) is 20.4 Å². The summed E-state index contributed by atoms with van der Waals surface area (Å²) in [5, 5.41) is 9.14. The maximum Gasteiger partial charge on any atom is 0.309 e. The number of esters is 1. The van der Waals surface area contributed by atoms with E-state index < -0.39 is 0 Å². The van der Waals surface area contributed by atoms with Crippen LogP contribution in [0.4, 0.5) is 0 Å². The van der Waals surface area contributed by atoms with Crippen LogP contribution < -0.4 is 0 Å². The van der Waals surface area contributed by atoms with Gasteiger partial charge in [0.15, 0.2) is 0 Å². The minimum atomic E-state index is -0.00657. The fourth-order valence-corrected chi connectivity index (χ4v) is 3.55. The molecule has 2 fully saturated rings. The largest absolute Gasteiger partial charge is 0.462 e. The topological polar surface area (TPSA) is 113 Å². The number of hydrogen-bond acceptors (Lipinski definition) is 3. The molecule has 4 N–H and O–H groups in total. The Morgan fingerprint density at radius 2 is 1.64 bits per heavy atom. The normalized spacial score (nSPS) is 31.5. The first-order valence-electron chi connectivity index (χ1n) is 7.53. The van der Waals surface area contributed by atoms with Crippen molar-refractivity contribution in [2.24, 2.45) is 23.7 Å². The van der Waals surface area contributed by atoms with Gasteiger partial charge in [0.25, 0.3) is 0 Å². The molecule has 0 heterocycles. The summed E-state index contributed by atoms with van der Waals surface area (Å²) in [4.78, 5) is 12.1. The van der Waals surface area contributed by atoms with Gasteiger partial charge < -0.3 is 22.1 Å². The predicted molar refractivity (Wildman–Crippen MR) is 80.0 cm³/mol. The standard InChI is InChI=1S/C16H24NO2.2H2O.Re/c1-11-8-14(9-12(2)15(11)10-17)19-16(18)13-6-4-3-5-7-13;;;/h3,11-15H,4-9H2,1-2H3;2*1H2;/q-1;;;. The molecule has 0 amide bonds. The second kappa shape index (κ2) is 11.1. The number of carbonyl (C=O) groups excluding carboxylic acids is 1. The Kier molecular flexibility index (Phi) is 12.0. The molecule has 0 aliphatic heterocycles. The molecule has 0 aromatic carbocycles. The van der Waals surface area contributed by atoms with Crippen LogP contribution in [-0.4, -0.2) is 23.0 Å². The molecule has 2 rings (SSSR count). The molecule has 2 aliphatic rings. The van der Waals surface area contributed by atoms with Gasteiger partial charge in [0.2, 0.25) is 0 Å². The second-order valence-electron chi connectivity index (χ2n) is 6.28. The van der Waals surface area contributed by atoms with Crippen molar-refractivity contribution < 1.29 is 40.9 Å². The van der Waals surface area contributed by atoms with Crippen molar-refractivity contribution in [2.45, 2.75) is 58.5 Å². The fourth-order valence-electron chi connectivity index (χ4n) is 3.55. The summed E-state index contributed by atoms with van der Waals surface area (Å²) in [6.45, 7) is 4.19. The van der Waals surface area contributed by atoms with Crippen LogP contribution in [-0.2, 0) is 30.0 Å². The Hall–Kier alpha value is -0.458. The molecular weight excluding hydrogens is 456 g/mol. The van der Waals surface area contributed by atoms with Crippen LogP contribution in [0.25, 0.3) is 0 Å². The van der Waals surface area contributed by atoms with Crippen molar-refractivity contribution in [1.82, 2.24) is 0 Å². The zero-order chi connectivity index (χ0) is 13.8. The first-order chi connectivity index (χ1) is 9.11. The summed E-state index contributed by atoms with van der Waals surface area (Å²) in [5.41, 5.74) is 0. The third-order valence-electron chi connectivity index (χ3n) is 4.70. The van der Waals surface area contributed by atoms with E-state index in [1.165, 1.54) is 0 Å². The van der Waals surface area contributed by atoms with E-state index in [1.54, 1.807) is 0 Å². The average Bonchev–Trinajstić information content (AvgIpc) is 2.39. The van der Waals surface area contributed by atoms with Crippen LogP contribution in [0.15, 0.2) is 0 Å². The summed E-state index contributed by atoms with van der Waals surface area (Å²) in [7, 11) is 0. The molecule has 5 nitrogen and oxygen atoms in total. The van der Waals surface area contributed by atoms with E-state index in [1.807, 2.05) is 0 Å². The molecule has 2 saturated carbocycles. The molecule has 6 heteroatoms. The molecule has 129 valence electrons. The Morgan fingerprint density at radius 1 is 1.14 bits per heavy atom. The number of nitriles is 1. The number of rotatable bonds is 2. The van der Waals surface area contributed by atoms with Crippen LogP contribution in [0.3, 0.4) is 0 Å². The molecule has 0 spiro atoms. The third-order valence-corrected chi connectivity index (χ3v) is 4.70. The van der Waals surface area contributed by atoms with E-state index in [0.717, 1.165) is 38.5 Å². The van der Waals surface area contributed by atoms with Crippen molar-refractivity contribution in [3.8, 4) is 6.07 Å². The van der Waals surface area contributed by atoms with Gasteiger partial charge in [0.1, 0.15) is 6.10 Å². The fraction of sp³-hybridized carbons (Fsp3) is 0.812. The maximum absolute atomic E-state index is 12.1. The van der Waals surface area contributed by atoms with E-state index in [0.29, 0.717) is 11.8 Å². The van der Waals surface area contributed by atoms with E-state index in [2.05, 4.69) is 26.3 Å². The molecule has 0 aromatic heterocycles. The van der Waals surface area contributed by atoms with Crippen LogP contribution in [0.1, 0.15) is 52.4 Å². The summed E-state index contributed by atoms with van der Waals surface area (Å²) in [6, 6.07) is 2.40. The zero-order valence-electron chi connectivity index (χ0n) is 13.3. The molecule has 2 aliphatic carbocycles. The number of hydrogen-bond donors (Lipinski definition) is 0. The summed E-state index contributed by atoms with van der Waals surface area (Å²) in [6.07, 6.45) is 7.91. The van der Waals surface area contributed by atoms with Crippen molar-refractivity contribution in [1.29, 1.82) is 5.26 Å². The second-order valence-corrected chi connectivity index (χ2v) is 6.28. The number of ether oxygens (including phenoxy) is 1. The third kappa shape index (κ3) is 5.97. The first-order valence-corrected chi connectivity index (χ1v) is 7.53. The van der Waals surface area contributed by atoms with Gasteiger partial charge in [-0.1, -0.05) is 26.7 Å². The van der Waals surface area contributed by atoms with Crippen LogP contribution >= 0.6 is 0 Å². The SMILES string of the molecule is CC1CC(OC(=O)C2CC[CH-]CC2)CC(C)C1C#N.O.O.[Re].